The molecule has 0 radical (unpaired) electrons. The Morgan fingerprint density at radius 3 is 2.35 bits per heavy atom. The summed E-state index contributed by atoms with van der Waals surface area (Å²) in [5, 5.41) is 8.13. The molecule has 1 aromatic heterocycles. The van der Waals surface area contributed by atoms with E-state index in [0.717, 1.165) is 5.56 Å². The van der Waals surface area contributed by atoms with Crippen molar-refractivity contribution < 1.29 is 23.2 Å². The molecule has 0 fully saturated rings. The third-order valence-corrected chi connectivity index (χ3v) is 6.57. The molecule has 0 bridgehead atoms. The minimum atomic E-state index is -1.05. The molecular weight excluding hydrogens is 478 g/mol. The van der Waals surface area contributed by atoms with Crippen LogP contribution in [-0.2, 0) is 22.3 Å². The van der Waals surface area contributed by atoms with E-state index in [2.05, 4.69) is 10.4 Å². The average Bonchev–Trinajstić information content (AvgIpc) is 3.32. The first-order chi connectivity index (χ1) is 16.4. The summed E-state index contributed by atoms with van der Waals surface area (Å²) < 4.78 is 31.0. The van der Waals surface area contributed by atoms with Gasteiger partial charge in [0.15, 0.2) is 11.5 Å². The van der Waals surface area contributed by atoms with Gasteiger partial charge in [0, 0.05) is 26.9 Å². The number of benzene rings is 2. The molecule has 10 heteroatoms. The molecule has 1 atom stereocenters. The van der Waals surface area contributed by atoms with E-state index in [9.17, 15) is 9.00 Å². The number of halogens is 1. The number of nitrogens with zero attached hydrogens (tertiary/aromatic N) is 2. The molecule has 2 aromatic carbocycles. The molecule has 0 saturated heterocycles. The van der Waals surface area contributed by atoms with Crippen LogP contribution >= 0.6 is 11.6 Å². The van der Waals surface area contributed by atoms with Crippen LogP contribution in [0.25, 0.3) is 5.69 Å². The summed E-state index contributed by atoms with van der Waals surface area (Å²) in [4.78, 5) is 13.4. The van der Waals surface area contributed by atoms with E-state index in [-0.39, 0.29) is 5.91 Å². The van der Waals surface area contributed by atoms with Gasteiger partial charge in [-0.25, -0.2) is 4.68 Å². The van der Waals surface area contributed by atoms with E-state index in [1.807, 2.05) is 32.9 Å². The van der Waals surface area contributed by atoms with Gasteiger partial charge < -0.3 is 19.5 Å². The van der Waals surface area contributed by atoms with Crippen LogP contribution in [0.5, 0.6) is 17.2 Å². The monoisotopic (exact) mass is 503 g/mol. The largest absolute Gasteiger partial charge is 0.490 e. The van der Waals surface area contributed by atoms with Gasteiger partial charge in [0.25, 0.3) is 5.91 Å². The number of hydrogen-bond acceptors (Lipinski definition) is 6. The highest BCUT2D eigenvalue weighted by Gasteiger charge is 2.29. The van der Waals surface area contributed by atoms with Crippen LogP contribution in [0.4, 0.5) is 5.82 Å². The molecule has 8 nitrogen and oxygen atoms in total. The summed E-state index contributed by atoms with van der Waals surface area (Å²) >= 11 is 6.18. The van der Waals surface area contributed by atoms with Crippen LogP contribution < -0.4 is 19.5 Å². The fraction of sp³-hybridized carbons (Fsp3) is 0.333. The maximum atomic E-state index is 13.4. The number of amides is 1. The highest BCUT2D eigenvalue weighted by molar-refractivity contribution is 7.83. The van der Waals surface area contributed by atoms with Gasteiger partial charge in [0.2, 0.25) is 5.75 Å². The Morgan fingerprint density at radius 1 is 1.06 bits per heavy atom. The number of nitrogens with one attached hydrogen (secondary N) is 1. The minimum absolute atomic E-state index is 0.323. The molecule has 0 unspecified atom stereocenters. The second-order valence-electron chi connectivity index (χ2n) is 7.45. The Kier molecular flexibility index (Phi) is 7.43. The van der Waals surface area contributed by atoms with Crippen LogP contribution in [0.1, 0.15) is 42.4 Å². The molecule has 4 rings (SSSR count). The van der Waals surface area contributed by atoms with Gasteiger partial charge in [-0.15, -0.1) is 0 Å². The zero-order chi connectivity index (χ0) is 24.2. The van der Waals surface area contributed by atoms with Gasteiger partial charge in [0.05, 0.1) is 42.7 Å². The van der Waals surface area contributed by atoms with Crippen LogP contribution in [0, 0.1) is 0 Å². The van der Waals surface area contributed by atoms with Crippen LogP contribution in [0.15, 0.2) is 36.4 Å². The lowest BCUT2D eigenvalue weighted by Gasteiger charge is -2.17. The SMILES string of the molecule is CCOc1cc(C(=O)Nc2c3c(nn2-c2cccc(Cl)c2)C[S@@](=O)C3)cc(OCC)c1OCC. The van der Waals surface area contributed by atoms with E-state index < -0.39 is 10.8 Å². The number of carbonyl (C=O) groups is 1. The van der Waals surface area contributed by atoms with Crippen molar-refractivity contribution >= 4 is 34.1 Å². The van der Waals surface area contributed by atoms with Gasteiger partial charge in [-0.3, -0.25) is 9.00 Å². The van der Waals surface area contributed by atoms with Gasteiger partial charge in [0.1, 0.15) is 5.82 Å². The Morgan fingerprint density at radius 2 is 1.74 bits per heavy atom. The van der Waals surface area contributed by atoms with E-state index in [0.29, 0.717) is 76.4 Å². The molecule has 2 heterocycles. The van der Waals surface area contributed by atoms with Crippen molar-refractivity contribution in [2.45, 2.75) is 32.3 Å². The molecule has 34 heavy (non-hydrogen) atoms. The molecule has 1 N–H and O–H groups in total. The molecule has 0 spiro atoms. The van der Waals surface area contributed by atoms with Crippen LogP contribution in [0.2, 0.25) is 5.02 Å². The van der Waals surface area contributed by atoms with Crippen molar-refractivity contribution in [2.24, 2.45) is 0 Å². The third kappa shape index (κ3) is 4.90. The number of rotatable bonds is 9. The highest BCUT2D eigenvalue weighted by atomic mass is 35.5. The number of aromatic nitrogens is 2. The number of ether oxygens (including phenoxy) is 3. The Balaban J connectivity index is 1.75. The first-order valence-electron chi connectivity index (χ1n) is 11.0. The molecular formula is C24H26ClN3O5S. The van der Waals surface area contributed by atoms with Crippen LogP contribution in [0.3, 0.4) is 0 Å². The lowest BCUT2D eigenvalue weighted by molar-refractivity contribution is 0.102. The summed E-state index contributed by atoms with van der Waals surface area (Å²) in [6, 6.07) is 10.4. The van der Waals surface area contributed by atoms with Gasteiger partial charge in [-0.1, -0.05) is 17.7 Å². The Hall–Kier alpha value is -3.04. The second-order valence-corrected chi connectivity index (χ2v) is 9.34. The quantitative estimate of drug-likeness (QED) is 0.453. The van der Waals surface area contributed by atoms with Gasteiger partial charge >= 0.3 is 0 Å². The van der Waals surface area contributed by atoms with E-state index >= 15 is 0 Å². The van der Waals surface area contributed by atoms with Crippen LogP contribution in [-0.4, -0.2) is 39.7 Å². The summed E-state index contributed by atoms with van der Waals surface area (Å²) in [5.41, 5.74) is 2.49. The zero-order valence-corrected chi connectivity index (χ0v) is 20.8. The summed E-state index contributed by atoms with van der Waals surface area (Å²) in [5.74, 6) is 2.07. The second kappa shape index (κ2) is 10.5. The fourth-order valence-electron chi connectivity index (χ4n) is 3.75. The predicted octanol–water partition coefficient (Wildman–Crippen LogP) is 4.74. The summed E-state index contributed by atoms with van der Waals surface area (Å²) in [6.07, 6.45) is 0. The number of fused-ring (bicyclic) bond motifs is 1. The molecule has 0 aliphatic carbocycles. The standard InChI is InChI=1S/C24H26ClN3O5S/c1-4-31-20-10-15(11-21(32-5-2)22(20)33-6-3)24(29)26-23-18-13-34(30)14-19(18)27-28(23)17-9-7-8-16(25)12-17/h7-12H,4-6,13-14H2,1-3H3,(H,26,29)/t34-/m0/s1. The molecule has 1 aliphatic heterocycles. The van der Waals surface area contributed by atoms with Crippen molar-refractivity contribution in [3.8, 4) is 22.9 Å². The van der Waals surface area contributed by atoms with Gasteiger partial charge in [-0.05, 0) is 51.1 Å². The first-order valence-corrected chi connectivity index (χ1v) is 12.9. The summed E-state index contributed by atoms with van der Waals surface area (Å²) in [7, 11) is -1.05. The van der Waals surface area contributed by atoms with E-state index in [1.165, 1.54) is 0 Å². The van der Waals surface area contributed by atoms with Gasteiger partial charge in [-0.2, -0.15) is 5.10 Å². The topological polar surface area (TPSA) is 91.7 Å². The molecule has 0 saturated carbocycles. The Labute approximate surface area is 205 Å². The number of anilines is 1. The average molecular weight is 504 g/mol. The van der Waals surface area contributed by atoms with Crippen molar-refractivity contribution in [1.29, 1.82) is 0 Å². The van der Waals surface area contributed by atoms with Crippen molar-refractivity contribution in [3.05, 3.63) is 58.2 Å². The molecule has 1 amide bonds. The lowest BCUT2D eigenvalue weighted by atomic mass is 10.1. The molecule has 1 aliphatic rings. The maximum Gasteiger partial charge on any atom is 0.257 e. The molecule has 3 aromatic rings. The number of carbonyl (C=O) groups excluding carboxylic acids is 1. The van der Waals surface area contributed by atoms with E-state index in [1.54, 1.807) is 28.9 Å². The fourth-order valence-corrected chi connectivity index (χ4v) is 5.20. The lowest BCUT2D eigenvalue weighted by Crippen LogP contribution is -2.17. The summed E-state index contributed by atoms with van der Waals surface area (Å²) in [6.45, 7) is 6.81. The number of hydrogen-bond donors (Lipinski definition) is 1. The zero-order valence-electron chi connectivity index (χ0n) is 19.2. The smallest absolute Gasteiger partial charge is 0.257 e. The van der Waals surface area contributed by atoms with E-state index in [4.69, 9.17) is 25.8 Å². The van der Waals surface area contributed by atoms with Crippen molar-refractivity contribution in [2.75, 3.05) is 25.1 Å². The molecule has 180 valence electrons. The normalized spacial score (nSPS) is 14.5. The van der Waals surface area contributed by atoms with Crippen molar-refractivity contribution in [1.82, 2.24) is 9.78 Å². The van der Waals surface area contributed by atoms with Crippen molar-refractivity contribution in [3.63, 3.8) is 0 Å². The third-order valence-electron chi connectivity index (χ3n) is 5.13. The minimum Gasteiger partial charge on any atom is -0.490 e. The first kappa shape index (κ1) is 24.1. The maximum absolute atomic E-state index is 13.4. The highest BCUT2D eigenvalue weighted by Crippen LogP contribution is 2.40. The predicted molar refractivity (Wildman–Crippen MR) is 132 cm³/mol. The Bertz CT molecular complexity index is 1220.